The molecule has 1 aliphatic heterocycles. The molecule has 0 bridgehead atoms. The maximum atomic E-state index is 13.5. The van der Waals surface area contributed by atoms with E-state index in [0.717, 1.165) is 52.2 Å². The van der Waals surface area contributed by atoms with Gasteiger partial charge < -0.3 is 14.4 Å². The first-order valence-corrected chi connectivity index (χ1v) is 12.4. The number of fused-ring (bicyclic) bond motifs is 1. The Balaban J connectivity index is 1.36. The lowest BCUT2D eigenvalue weighted by Crippen LogP contribution is -2.30. The zero-order valence-electron chi connectivity index (χ0n) is 20.6. The second-order valence-electron chi connectivity index (χ2n) is 9.39. The monoisotopic (exact) mass is 469 g/mol. The van der Waals surface area contributed by atoms with Crippen molar-refractivity contribution < 1.29 is 19.1 Å². The lowest BCUT2D eigenvalue weighted by atomic mass is 9.85. The second kappa shape index (κ2) is 9.21. The first kappa shape index (κ1) is 23.2. The summed E-state index contributed by atoms with van der Waals surface area (Å²) in [6, 6.07) is 19.8. The third-order valence-electron chi connectivity index (χ3n) is 7.50. The summed E-state index contributed by atoms with van der Waals surface area (Å²) >= 11 is 0. The molecule has 35 heavy (non-hydrogen) atoms. The topological polar surface area (TPSA) is 55.8 Å². The normalized spacial score (nSPS) is 15.1. The van der Waals surface area contributed by atoms with Crippen molar-refractivity contribution in [2.75, 3.05) is 19.9 Å². The molecule has 1 fully saturated rings. The standard InChI is InChI=1S/C30H31NO4/c1-4-31(5-2)29(33)22-11-9-21(10-12-22)25-8-6-7-23(20(25)3)17-28(32)30(15-16-30)24-13-14-26-27(18-24)35-19-34-26/h6-14,18H,4-5,15-17,19H2,1-3H3. The van der Waals surface area contributed by atoms with Crippen LogP contribution in [0, 0.1) is 6.92 Å². The first-order valence-electron chi connectivity index (χ1n) is 12.4. The van der Waals surface area contributed by atoms with Gasteiger partial charge in [-0.25, -0.2) is 0 Å². The fraction of sp³-hybridized carbons (Fsp3) is 0.333. The van der Waals surface area contributed by atoms with Crippen LogP contribution in [0.4, 0.5) is 0 Å². The zero-order valence-corrected chi connectivity index (χ0v) is 20.6. The number of carbonyl (C=O) groups is 2. The van der Waals surface area contributed by atoms with E-state index >= 15 is 0 Å². The molecule has 1 heterocycles. The Hall–Kier alpha value is -3.60. The summed E-state index contributed by atoms with van der Waals surface area (Å²) in [6.07, 6.45) is 2.13. The number of Topliss-reactive ketones (excluding diaryl/α,β-unsaturated/α-hetero) is 1. The van der Waals surface area contributed by atoms with E-state index < -0.39 is 5.41 Å². The van der Waals surface area contributed by atoms with E-state index in [-0.39, 0.29) is 18.5 Å². The van der Waals surface area contributed by atoms with Crippen molar-refractivity contribution >= 4 is 11.7 Å². The maximum Gasteiger partial charge on any atom is 0.253 e. The number of benzene rings is 3. The van der Waals surface area contributed by atoms with Gasteiger partial charge in [-0.15, -0.1) is 0 Å². The molecule has 3 aromatic carbocycles. The third kappa shape index (κ3) is 4.20. The zero-order chi connectivity index (χ0) is 24.6. The highest BCUT2D eigenvalue weighted by atomic mass is 16.7. The quantitative estimate of drug-likeness (QED) is 0.424. The van der Waals surface area contributed by atoms with Crippen molar-refractivity contribution in [3.63, 3.8) is 0 Å². The molecular formula is C30H31NO4. The number of amides is 1. The van der Waals surface area contributed by atoms with E-state index in [0.29, 0.717) is 25.1 Å². The highest BCUT2D eigenvalue weighted by Gasteiger charge is 2.50. The van der Waals surface area contributed by atoms with Crippen LogP contribution in [0.25, 0.3) is 11.1 Å². The van der Waals surface area contributed by atoms with Crippen LogP contribution in [0.5, 0.6) is 11.5 Å². The minimum Gasteiger partial charge on any atom is -0.454 e. The van der Waals surface area contributed by atoms with Gasteiger partial charge in [0.2, 0.25) is 6.79 Å². The molecule has 0 radical (unpaired) electrons. The van der Waals surface area contributed by atoms with E-state index in [1.54, 1.807) is 0 Å². The molecule has 1 aliphatic carbocycles. The summed E-state index contributed by atoms with van der Waals surface area (Å²) in [5.41, 5.74) is 5.58. The van der Waals surface area contributed by atoms with Gasteiger partial charge in [-0.05, 0) is 85.7 Å². The Morgan fingerprint density at radius 2 is 1.63 bits per heavy atom. The van der Waals surface area contributed by atoms with E-state index in [9.17, 15) is 9.59 Å². The van der Waals surface area contributed by atoms with Crippen molar-refractivity contribution in [1.29, 1.82) is 0 Å². The van der Waals surface area contributed by atoms with Crippen LogP contribution in [0.2, 0.25) is 0 Å². The largest absolute Gasteiger partial charge is 0.454 e. The average molecular weight is 470 g/mol. The molecule has 5 rings (SSSR count). The summed E-state index contributed by atoms with van der Waals surface area (Å²) in [6.45, 7) is 7.68. The Morgan fingerprint density at radius 1 is 0.914 bits per heavy atom. The van der Waals surface area contributed by atoms with Crippen LogP contribution in [-0.4, -0.2) is 36.5 Å². The SMILES string of the molecule is CCN(CC)C(=O)c1ccc(-c2cccc(CC(=O)C3(c4ccc5c(c4)OCO5)CC3)c2C)cc1. The van der Waals surface area contributed by atoms with Gasteiger partial charge >= 0.3 is 0 Å². The molecule has 0 saturated heterocycles. The minimum atomic E-state index is -0.421. The molecule has 0 unspecified atom stereocenters. The van der Waals surface area contributed by atoms with E-state index in [4.69, 9.17) is 9.47 Å². The van der Waals surface area contributed by atoms with Gasteiger partial charge in [0.25, 0.3) is 5.91 Å². The molecule has 3 aromatic rings. The van der Waals surface area contributed by atoms with E-state index in [1.807, 2.05) is 73.3 Å². The molecule has 2 aliphatic rings. The molecule has 180 valence electrons. The summed E-state index contributed by atoms with van der Waals surface area (Å²) in [5, 5.41) is 0. The summed E-state index contributed by atoms with van der Waals surface area (Å²) in [7, 11) is 0. The minimum absolute atomic E-state index is 0.0517. The summed E-state index contributed by atoms with van der Waals surface area (Å²) in [5.74, 6) is 1.76. The van der Waals surface area contributed by atoms with Crippen LogP contribution >= 0.6 is 0 Å². The molecule has 0 aromatic heterocycles. The van der Waals surface area contributed by atoms with Gasteiger partial charge in [-0.3, -0.25) is 9.59 Å². The number of hydrogen-bond acceptors (Lipinski definition) is 4. The predicted octanol–water partition coefficient (Wildman–Crippen LogP) is 5.72. The lowest BCUT2D eigenvalue weighted by molar-refractivity contribution is -0.120. The van der Waals surface area contributed by atoms with Gasteiger partial charge in [0, 0.05) is 25.1 Å². The molecule has 1 amide bonds. The number of ether oxygens (including phenoxy) is 2. The first-order chi connectivity index (χ1) is 17.0. The highest BCUT2D eigenvalue weighted by Crippen LogP contribution is 2.51. The van der Waals surface area contributed by atoms with Crippen LogP contribution in [0.1, 0.15) is 53.7 Å². The third-order valence-corrected chi connectivity index (χ3v) is 7.50. The van der Waals surface area contributed by atoms with E-state index in [1.165, 1.54) is 0 Å². The van der Waals surface area contributed by atoms with Crippen molar-refractivity contribution in [3.05, 3.63) is 82.9 Å². The number of nitrogens with zero attached hydrogens (tertiary/aromatic N) is 1. The van der Waals surface area contributed by atoms with Gasteiger partial charge in [0.15, 0.2) is 11.5 Å². The summed E-state index contributed by atoms with van der Waals surface area (Å²) < 4.78 is 11.0. The van der Waals surface area contributed by atoms with Gasteiger partial charge in [0.05, 0.1) is 5.41 Å². The van der Waals surface area contributed by atoms with Crippen molar-refractivity contribution in [3.8, 4) is 22.6 Å². The molecule has 0 N–H and O–H groups in total. The number of ketones is 1. The molecule has 0 spiro atoms. The number of carbonyl (C=O) groups excluding carboxylic acids is 2. The lowest BCUT2D eigenvalue weighted by Gasteiger charge is -2.19. The van der Waals surface area contributed by atoms with Gasteiger partial charge in [0.1, 0.15) is 5.78 Å². The average Bonchev–Trinajstić information content (AvgIpc) is 3.57. The second-order valence-corrected chi connectivity index (χ2v) is 9.39. The Bertz CT molecular complexity index is 1270. The Labute approximate surface area is 206 Å². The Morgan fingerprint density at radius 3 is 2.31 bits per heavy atom. The van der Waals surface area contributed by atoms with Crippen molar-refractivity contribution in [1.82, 2.24) is 4.90 Å². The van der Waals surface area contributed by atoms with Gasteiger partial charge in [-0.1, -0.05) is 36.4 Å². The summed E-state index contributed by atoms with van der Waals surface area (Å²) in [4.78, 5) is 28.0. The van der Waals surface area contributed by atoms with Crippen molar-refractivity contribution in [2.45, 2.75) is 45.4 Å². The van der Waals surface area contributed by atoms with Crippen LogP contribution in [-0.2, 0) is 16.6 Å². The van der Waals surface area contributed by atoms with Crippen LogP contribution in [0.3, 0.4) is 0 Å². The molecular weight excluding hydrogens is 438 g/mol. The smallest absolute Gasteiger partial charge is 0.253 e. The van der Waals surface area contributed by atoms with Gasteiger partial charge in [-0.2, -0.15) is 0 Å². The molecule has 5 heteroatoms. The Kier molecular flexibility index (Phi) is 6.10. The molecule has 5 nitrogen and oxygen atoms in total. The fourth-order valence-corrected chi connectivity index (χ4v) is 5.06. The molecule has 0 atom stereocenters. The highest BCUT2D eigenvalue weighted by molar-refractivity contribution is 5.96. The van der Waals surface area contributed by atoms with Crippen molar-refractivity contribution in [2.24, 2.45) is 0 Å². The fourth-order valence-electron chi connectivity index (χ4n) is 5.06. The number of hydrogen-bond donors (Lipinski definition) is 0. The number of rotatable bonds is 8. The predicted molar refractivity (Wildman–Crippen MR) is 136 cm³/mol. The van der Waals surface area contributed by atoms with E-state index in [2.05, 4.69) is 13.0 Å². The molecule has 1 saturated carbocycles. The van der Waals surface area contributed by atoms with Crippen LogP contribution in [0.15, 0.2) is 60.7 Å². The van der Waals surface area contributed by atoms with Crippen LogP contribution < -0.4 is 9.47 Å². The maximum absolute atomic E-state index is 13.5.